The summed E-state index contributed by atoms with van der Waals surface area (Å²) in [6.07, 6.45) is 1.09. The number of likely N-dealkylation sites (tertiary alicyclic amines) is 1. The zero-order chi connectivity index (χ0) is 13.3. The first-order valence-corrected chi connectivity index (χ1v) is 7.99. The summed E-state index contributed by atoms with van der Waals surface area (Å²) in [5.74, 6) is 0.773. The van der Waals surface area contributed by atoms with Crippen LogP contribution in [0.15, 0.2) is 0 Å². The average molecular weight is 262 g/mol. The molecule has 1 rings (SSSR count). The van der Waals surface area contributed by atoms with Crippen molar-refractivity contribution in [1.29, 1.82) is 0 Å². The van der Waals surface area contributed by atoms with Gasteiger partial charge < -0.3 is 10.6 Å². The van der Waals surface area contributed by atoms with Crippen molar-refractivity contribution >= 4 is 9.84 Å². The molecule has 0 aromatic heterocycles. The zero-order valence-electron chi connectivity index (χ0n) is 11.4. The number of sulfone groups is 1. The van der Waals surface area contributed by atoms with E-state index in [0.29, 0.717) is 12.5 Å². The predicted octanol–water partition coefficient (Wildman–Crippen LogP) is 0.869. The summed E-state index contributed by atoms with van der Waals surface area (Å²) in [5.41, 5.74) is 5.87. The molecule has 1 aliphatic rings. The van der Waals surface area contributed by atoms with Crippen LogP contribution in [0.5, 0.6) is 0 Å². The largest absolute Gasteiger partial charge is 0.328 e. The Hall–Kier alpha value is -0.130. The minimum Gasteiger partial charge on any atom is -0.328 e. The van der Waals surface area contributed by atoms with Gasteiger partial charge in [-0.3, -0.25) is 0 Å². The molecule has 0 radical (unpaired) electrons. The molecule has 0 aromatic rings. The van der Waals surface area contributed by atoms with E-state index in [4.69, 9.17) is 5.73 Å². The summed E-state index contributed by atoms with van der Waals surface area (Å²) in [7, 11) is -3.00. The fraction of sp³-hybridized carbons (Fsp3) is 1.00. The second kappa shape index (κ2) is 5.24. The van der Waals surface area contributed by atoms with Crippen LogP contribution in [0.4, 0.5) is 0 Å². The fourth-order valence-corrected chi connectivity index (χ4v) is 3.16. The highest BCUT2D eigenvalue weighted by atomic mass is 32.2. The molecule has 5 heteroatoms. The maximum atomic E-state index is 12.0. The zero-order valence-corrected chi connectivity index (χ0v) is 12.3. The lowest BCUT2D eigenvalue weighted by atomic mass is 10.0. The minimum atomic E-state index is -3.00. The van der Waals surface area contributed by atoms with E-state index in [1.54, 1.807) is 20.8 Å². The molecule has 0 bridgehead atoms. The van der Waals surface area contributed by atoms with Crippen molar-refractivity contribution < 1.29 is 8.42 Å². The highest BCUT2D eigenvalue weighted by molar-refractivity contribution is 7.92. The molecular formula is C12H26N2O2S. The Labute approximate surface area is 105 Å². The molecule has 2 unspecified atom stereocenters. The molecule has 1 fully saturated rings. The van der Waals surface area contributed by atoms with Crippen LogP contribution in [0.3, 0.4) is 0 Å². The van der Waals surface area contributed by atoms with Gasteiger partial charge in [0.25, 0.3) is 0 Å². The molecule has 0 aliphatic carbocycles. The van der Waals surface area contributed by atoms with Gasteiger partial charge in [-0.15, -0.1) is 0 Å². The van der Waals surface area contributed by atoms with Crippen molar-refractivity contribution in [3.05, 3.63) is 0 Å². The van der Waals surface area contributed by atoms with Crippen LogP contribution in [-0.4, -0.2) is 49.5 Å². The first-order chi connectivity index (χ1) is 7.63. The molecule has 1 heterocycles. The lowest BCUT2D eigenvalue weighted by Gasteiger charge is -2.22. The Morgan fingerprint density at radius 1 is 1.41 bits per heavy atom. The third-order valence-electron chi connectivity index (χ3n) is 3.66. The Bertz CT molecular complexity index is 344. The normalized spacial score (nSPS) is 25.1. The van der Waals surface area contributed by atoms with Crippen LogP contribution in [0.2, 0.25) is 0 Å². The Morgan fingerprint density at radius 3 is 2.41 bits per heavy atom. The van der Waals surface area contributed by atoms with E-state index in [9.17, 15) is 8.42 Å². The minimum absolute atomic E-state index is 0.208. The highest BCUT2D eigenvalue weighted by Crippen LogP contribution is 2.20. The van der Waals surface area contributed by atoms with Crippen LogP contribution in [-0.2, 0) is 9.84 Å². The van der Waals surface area contributed by atoms with Crippen molar-refractivity contribution in [3.63, 3.8) is 0 Å². The molecule has 17 heavy (non-hydrogen) atoms. The summed E-state index contributed by atoms with van der Waals surface area (Å²) >= 11 is 0. The van der Waals surface area contributed by atoms with Crippen LogP contribution in [0.1, 0.15) is 34.1 Å². The smallest absolute Gasteiger partial charge is 0.156 e. The van der Waals surface area contributed by atoms with Crippen molar-refractivity contribution in [3.8, 4) is 0 Å². The van der Waals surface area contributed by atoms with Gasteiger partial charge >= 0.3 is 0 Å². The van der Waals surface area contributed by atoms with Crippen LogP contribution in [0.25, 0.3) is 0 Å². The van der Waals surface area contributed by atoms with Gasteiger partial charge in [0.1, 0.15) is 0 Å². The average Bonchev–Trinajstić information content (AvgIpc) is 2.61. The second-order valence-corrected chi connectivity index (χ2v) is 9.00. The molecule has 1 saturated heterocycles. The summed E-state index contributed by atoms with van der Waals surface area (Å²) in [5, 5.41) is 0. The van der Waals surface area contributed by atoms with E-state index in [2.05, 4.69) is 4.90 Å². The Kier molecular flexibility index (Phi) is 4.60. The summed E-state index contributed by atoms with van der Waals surface area (Å²) in [6, 6.07) is 0.208. The van der Waals surface area contributed by atoms with Crippen molar-refractivity contribution in [1.82, 2.24) is 4.90 Å². The second-order valence-electron chi connectivity index (χ2n) is 6.14. The lowest BCUT2D eigenvalue weighted by molar-refractivity contribution is 0.331. The molecular weight excluding hydrogens is 236 g/mol. The fourth-order valence-electron chi connectivity index (χ4n) is 2.05. The number of nitrogens with zero attached hydrogens (tertiary/aromatic N) is 1. The summed E-state index contributed by atoms with van der Waals surface area (Å²) in [4.78, 5) is 2.22. The van der Waals surface area contributed by atoms with E-state index in [1.165, 1.54) is 0 Å². The van der Waals surface area contributed by atoms with Gasteiger partial charge in [0, 0.05) is 19.1 Å². The molecule has 4 nitrogen and oxygen atoms in total. The molecule has 0 aromatic carbocycles. The Balaban J connectivity index is 2.44. The first kappa shape index (κ1) is 14.9. The van der Waals surface area contributed by atoms with Crippen LogP contribution in [0, 0.1) is 5.92 Å². The molecule has 102 valence electrons. The molecule has 0 spiro atoms. The quantitative estimate of drug-likeness (QED) is 0.816. The number of nitrogens with two attached hydrogens (primary N) is 1. The van der Waals surface area contributed by atoms with Crippen LogP contribution >= 0.6 is 0 Å². The van der Waals surface area contributed by atoms with E-state index in [-0.39, 0.29) is 11.8 Å². The monoisotopic (exact) mass is 262 g/mol. The van der Waals surface area contributed by atoms with Gasteiger partial charge in [0.05, 0.1) is 10.5 Å². The molecule has 0 amide bonds. The van der Waals surface area contributed by atoms with Gasteiger partial charge in [0.15, 0.2) is 9.84 Å². The third kappa shape index (κ3) is 3.93. The lowest BCUT2D eigenvalue weighted by Crippen LogP contribution is -2.36. The van der Waals surface area contributed by atoms with Crippen molar-refractivity contribution in [2.24, 2.45) is 11.7 Å². The maximum absolute atomic E-state index is 12.0. The predicted molar refractivity (Wildman–Crippen MR) is 71.7 cm³/mol. The van der Waals surface area contributed by atoms with Gasteiger partial charge in [-0.1, -0.05) is 0 Å². The van der Waals surface area contributed by atoms with Gasteiger partial charge in [0.2, 0.25) is 0 Å². The molecule has 2 N–H and O–H groups in total. The molecule has 1 aliphatic heterocycles. The van der Waals surface area contributed by atoms with E-state index < -0.39 is 14.6 Å². The van der Waals surface area contributed by atoms with Gasteiger partial charge in [-0.2, -0.15) is 0 Å². The van der Waals surface area contributed by atoms with Gasteiger partial charge in [-0.25, -0.2) is 8.42 Å². The molecule has 2 atom stereocenters. The molecule has 0 saturated carbocycles. The number of hydrogen-bond donors (Lipinski definition) is 1. The topological polar surface area (TPSA) is 63.4 Å². The SMILES string of the molecule is CC(N)C1CCN(CCS(=O)(=O)C(C)(C)C)C1. The van der Waals surface area contributed by atoms with E-state index in [0.717, 1.165) is 19.5 Å². The number of rotatable bonds is 4. The van der Waals surface area contributed by atoms with E-state index in [1.807, 2.05) is 6.92 Å². The Morgan fingerprint density at radius 2 is 2.00 bits per heavy atom. The first-order valence-electron chi connectivity index (χ1n) is 6.34. The summed E-state index contributed by atoms with van der Waals surface area (Å²) in [6.45, 7) is 9.87. The highest BCUT2D eigenvalue weighted by Gasteiger charge is 2.31. The summed E-state index contributed by atoms with van der Waals surface area (Å²) < 4.78 is 23.3. The van der Waals surface area contributed by atoms with Crippen molar-refractivity contribution in [2.75, 3.05) is 25.4 Å². The van der Waals surface area contributed by atoms with E-state index >= 15 is 0 Å². The number of hydrogen-bond acceptors (Lipinski definition) is 4. The maximum Gasteiger partial charge on any atom is 0.156 e. The third-order valence-corrected chi connectivity index (χ3v) is 6.25. The van der Waals surface area contributed by atoms with Gasteiger partial charge in [-0.05, 0) is 46.6 Å². The van der Waals surface area contributed by atoms with Crippen LogP contribution < -0.4 is 5.73 Å². The van der Waals surface area contributed by atoms with Crippen molar-refractivity contribution in [2.45, 2.75) is 44.9 Å². The standard InChI is InChI=1S/C12H26N2O2S/c1-10(13)11-5-6-14(9-11)7-8-17(15,16)12(2,3)4/h10-11H,5-9,13H2,1-4H3.